The van der Waals surface area contributed by atoms with Gasteiger partial charge in [-0.25, -0.2) is 9.37 Å². The molecule has 1 aliphatic carbocycles. The number of ether oxygens (including phenoxy) is 1. The summed E-state index contributed by atoms with van der Waals surface area (Å²) in [5, 5.41) is 12.6. The number of rotatable bonds is 6. The molecule has 39 heavy (non-hydrogen) atoms. The minimum absolute atomic E-state index is 0.0518. The summed E-state index contributed by atoms with van der Waals surface area (Å²) in [6.45, 7) is 4.61. The average Bonchev–Trinajstić information content (AvgIpc) is 3.51. The number of fused-ring (bicyclic) bond motifs is 4. The van der Waals surface area contributed by atoms with E-state index >= 15 is 4.39 Å². The molecule has 198 valence electrons. The van der Waals surface area contributed by atoms with Crippen molar-refractivity contribution in [2.24, 2.45) is 11.8 Å². The van der Waals surface area contributed by atoms with Crippen LogP contribution in [0.4, 0.5) is 10.2 Å². The number of anilines is 1. The van der Waals surface area contributed by atoms with Gasteiger partial charge in [0.2, 0.25) is 0 Å². The molecular formula is C30H29FN6O2. The molecule has 1 N–H and O–H groups in total. The number of aryl methyl sites for hydroxylation is 1. The molecule has 0 radical (unpaired) electrons. The molecule has 2 unspecified atom stereocenters. The van der Waals surface area contributed by atoms with Gasteiger partial charge in [-0.15, -0.1) is 0 Å². The molecule has 9 heteroatoms. The summed E-state index contributed by atoms with van der Waals surface area (Å²) in [4.78, 5) is 20.4. The maximum absolute atomic E-state index is 16.4. The summed E-state index contributed by atoms with van der Waals surface area (Å²) in [7, 11) is 0. The van der Waals surface area contributed by atoms with Crippen molar-refractivity contribution in [3.63, 3.8) is 0 Å². The molecule has 2 aliphatic rings. The Morgan fingerprint density at radius 3 is 2.67 bits per heavy atom. The predicted octanol–water partition coefficient (Wildman–Crippen LogP) is 5.51. The smallest absolute Gasteiger partial charge is 0.319 e. The lowest BCUT2D eigenvalue weighted by Crippen LogP contribution is -2.37. The van der Waals surface area contributed by atoms with Crippen LogP contribution in [-0.4, -0.2) is 49.3 Å². The Bertz CT molecular complexity index is 1690. The van der Waals surface area contributed by atoms with Crippen LogP contribution in [0, 0.1) is 24.6 Å². The quantitative estimate of drug-likeness (QED) is 0.313. The van der Waals surface area contributed by atoms with Crippen molar-refractivity contribution in [1.29, 1.82) is 0 Å². The number of hydrogen-bond acceptors (Lipinski definition) is 7. The maximum atomic E-state index is 16.4. The number of piperidine rings is 1. The van der Waals surface area contributed by atoms with Crippen molar-refractivity contribution in [2.75, 3.05) is 24.6 Å². The zero-order valence-electron chi connectivity index (χ0n) is 21.7. The molecule has 1 saturated heterocycles. The highest BCUT2D eigenvalue weighted by molar-refractivity contribution is 5.99. The van der Waals surface area contributed by atoms with Crippen LogP contribution in [-0.2, 0) is 6.54 Å². The fraction of sp³-hybridized carbons (Fsp3) is 0.333. The van der Waals surface area contributed by atoms with Crippen LogP contribution in [0.3, 0.4) is 0 Å². The van der Waals surface area contributed by atoms with Gasteiger partial charge in [-0.3, -0.25) is 4.98 Å². The van der Waals surface area contributed by atoms with E-state index in [0.717, 1.165) is 29.7 Å². The van der Waals surface area contributed by atoms with E-state index in [1.165, 1.54) is 19.3 Å². The van der Waals surface area contributed by atoms with Crippen LogP contribution >= 0.6 is 0 Å². The summed E-state index contributed by atoms with van der Waals surface area (Å²) < 4.78 is 24.4. The van der Waals surface area contributed by atoms with Crippen molar-refractivity contribution >= 4 is 27.5 Å². The lowest BCUT2D eigenvalue weighted by atomic mass is 9.98. The van der Waals surface area contributed by atoms with Gasteiger partial charge >= 0.3 is 6.01 Å². The fourth-order valence-corrected chi connectivity index (χ4v) is 6.26. The number of phenols is 1. The second-order valence-corrected chi connectivity index (χ2v) is 10.7. The van der Waals surface area contributed by atoms with Crippen molar-refractivity contribution in [3.8, 4) is 23.0 Å². The topological polar surface area (TPSA) is 89.2 Å². The second kappa shape index (κ2) is 9.48. The third-order valence-corrected chi connectivity index (χ3v) is 8.14. The summed E-state index contributed by atoms with van der Waals surface area (Å²) in [5.74, 6) is 2.31. The highest BCUT2D eigenvalue weighted by Crippen LogP contribution is 2.41. The molecule has 2 bridgehead atoms. The second-order valence-electron chi connectivity index (χ2n) is 10.7. The van der Waals surface area contributed by atoms with Crippen LogP contribution in [0.1, 0.15) is 25.1 Å². The van der Waals surface area contributed by atoms with Crippen molar-refractivity contribution in [1.82, 2.24) is 24.5 Å². The number of halogens is 1. The van der Waals surface area contributed by atoms with Gasteiger partial charge in [-0.1, -0.05) is 24.3 Å². The van der Waals surface area contributed by atoms with Gasteiger partial charge in [0.05, 0.1) is 11.9 Å². The van der Waals surface area contributed by atoms with E-state index in [2.05, 4.69) is 19.9 Å². The zero-order valence-corrected chi connectivity index (χ0v) is 21.7. The first-order chi connectivity index (χ1) is 19.0. The number of hydrogen-bond donors (Lipinski definition) is 1. The molecule has 8 nitrogen and oxygen atoms in total. The number of benzene rings is 2. The number of aromatic hydroxyl groups is 1. The first-order valence-electron chi connectivity index (χ1n) is 13.5. The van der Waals surface area contributed by atoms with Gasteiger partial charge < -0.3 is 19.3 Å². The molecular weight excluding hydrogens is 495 g/mol. The minimum atomic E-state index is -0.554. The van der Waals surface area contributed by atoms with Crippen LogP contribution in [0.2, 0.25) is 0 Å². The van der Waals surface area contributed by atoms with E-state index in [-0.39, 0.29) is 23.0 Å². The Kier molecular flexibility index (Phi) is 5.79. The fourth-order valence-electron chi connectivity index (χ4n) is 6.26. The van der Waals surface area contributed by atoms with Crippen LogP contribution in [0.5, 0.6) is 11.8 Å². The Hall–Kier alpha value is -4.27. The Balaban J connectivity index is 1.33. The van der Waals surface area contributed by atoms with Crippen molar-refractivity contribution in [2.45, 2.75) is 32.7 Å². The van der Waals surface area contributed by atoms with Gasteiger partial charge in [-0.05, 0) is 60.9 Å². The van der Waals surface area contributed by atoms with Gasteiger partial charge in [0.25, 0.3) is 0 Å². The molecule has 5 aromatic rings. The Morgan fingerprint density at radius 1 is 1.05 bits per heavy atom. The minimum Gasteiger partial charge on any atom is -0.508 e. The molecule has 4 heterocycles. The molecule has 0 amide bonds. The summed E-state index contributed by atoms with van der Waals surface area (Å²) >= 11 is 0. The van der Waals surface area contributed by atoms with E-state index in [1.54, 1.807) is 24.5 Å². The van der Waals surface area contributed by atoms with Gasteiger partial charge in [0, 0.05) is 37.2 Å². The highest BCUT2D eigenvalue weighted by Gasteiger charge is 2.34. The van der Waals surface area contributed by atoms with E-state index < -0.39 is 5.82 Å². The third kappa shape index (κ3) is 4.31. The monoisotopic (exact) mass is 524 g/mol. The summed E-state index contributed by atoms with van der Waals surface area (Å²) in [6, 6.07) is 10.9. The first kappa shape index (κ1) is 23.8. The Labute approximate surface area is 225 Å². The van der Waals surface area contributed by atoms with Gasteiger partial charge in [0.15, 0.2) is 5.82 Å². The number of phenolic OH excluding ortho intramolecular Hbond substituents is 1. The van der Waals surface area contributed by atoms with Crippen LogP contribution in [0.15, 0.2) is 55.0 Å². The van der Waals surface area contributed by atoms with Crippen molar-refractivity contribution in [3.05, 3.63) is 66.6 Å². The highest BCUT2D eigenvalue weighted by atomic mass is 19.1. The molecule has 7 rings (SSSR count). The zero-order chi connectivity index (χ0) is 26.5. The molecule has 1 aliphatic heterocycles. The van der Waals surface area contributed by atoms with E-state index in [4.69, 9.17) is 9.72 Å². The molecule has 1 saturated carbocycles. The van der Waals surface area contributed by atoms with Crippen molar-refractivity contribution < 1.29 is 14.2 Å². The summed E-state index contributed by atoms with van der Waals surface area (Å²) in [6.07, 6.45) is 9.00. The van der Waals surface area contributed by atoms with E-state index in [1.807, 2.05) is 42.0 Å². The SMILES string of the molecule is Cc1nccn1CCOc1nc(N2CC3CCC(C3)C2)c2cnc(-c3cc(O)cc4ccccc34)c(F)c2n1. The lowest BCUT2D eigenvalue weighted by molar-refractivity contribution is 0.275. The number of pyridine rings is 1. The maximum Gasteiger partial charge on any atom is 0.319 e. The third-order valence-electron chi connectivity index (χ3n) is 8.14. The standard InChI is InChI=1S/C30H29FN6O2/c1-18-32-8-9-36(18)10-11-39-30-34-28-25(29(35-30)37-16-19-6-7-20(12-19)17-37)15-33-27(26(28)31)24-14-22(38)13-21-4-2-3-5-23(21)24/h2-5,8-9,13-15,19-20,38H,6-7,10-12,16-17H2,1H3. The van der Waals surface area contributed by atoms with E-state index in [0.29, 0.717) is 41.8 Å². The van der Waals surface area contributed by atoms with Gasteiger partial charge in [-0.2, -0.15) is 9.97 Å². The van der Waals surface area contributed by atoms with Crippen LogP contribution in [0.25, 0.3) is 32.9 Å². The normalized spacial score (nSPS) is 18.8. The molecule has 2 atom stereocenters. The van der Waals surface area contributed by atoms with E-state index in [9.17, 15) is 5.11 Å². The van der Waals surface area contributed by atoms with Crippen LogP contribution < -0.4 is 9.64 Å². The predicted molar refractivity (Wildman–Crippen MR) is 147 cm³/mol. The Morgan fingerprint density at radius 2 is 1.87 bits per heavy atom. The molecule has 0 spiro atoms. The molecule has 2 aromatic carbocycles. The summed E-state index contributed by atoms with van der Waals surface area (Å²) in [5.41, 5.74) is 0.821. The first-order valence-corrected chi connectivity index (χ1v) is 13.5. The van der Waals surface area contributed by atoms with Gasteiger partial charge in [0.1, 0.15) is 35.2 Å². The molecule has 3 aromatic heterocycles. The molecule has 2 fully saturated rings. The average molecular weight is 525 g/mol. The number of nitrogens with zero attached hydrogens (tertiary/aromatic N) is 6. The lowest BCUT2D eigenvalue weighted by Gasteiger charge is -2.33. The number of imidazole rings is 1. The number of aromatic nitrogens is 5. The largest absolute Gasteiger partial charge is 0.508 e.